The predicted molar refractivity (Wildman–Crippen MR) is 58.8 cm³/mol. The van der Waals surface area contributed by atoms with Crippen molar-refractivity contribution in [2.75, 3.05) is 13.2 Å². The number of thiocarbonyl (C=S) groups is 1. The summed E-state index contributed by atoms with van der Waals surface area (Å²) in [4.78, 5) is 0.623. The first-order valence-electron chi connectivity index (χ1n) is 5.15. The lowest BCUT2D eigenvalue weighted by Gasteiger charge is -2.02. The van der Waals surface area contributed by atoms with Crippen LogP contribution in [0.25, 0.3) is 0 Å². The van der Waals surface area contributed by atoms with E-state index >= 15 is 0 Å². The van der Waals surface area contributed by atoms with Crippen LogP contribution in [0.4, 0.5) is 0 Å². The zero-order valence-corrected chi connectivity index (χ0v) is 8.94. The van der Waals surface area contributed by atoms with Gasteiger partial charge in [-0.2, -0.15) is 0 Å². The summed E-state index contributed by atoms with van der Waals surface area (Å²) < 4.78 is 5.48. The van der Waals surface area contributed by atoms with Crippen molar-refractivity contribution >= 4 is 17.2 Å². The Bertz CT molecular complexity index is 157. The van der Waals surface area contributed by atoms with Gasteiger partial charge in [-0.15, -0.1) is 0 Å². The Hall–Kier alpha value is -0.150. The molecule has 76 valence electrons. The molecule has 0 spiro atoms. The van der Waals surface area contributed by atoms with E-state index in [9.17, 15) is 0 Å². The van der Waals surface area contributed by atoms with E-state index in [0.717, 1.165) is 38.4 Å². The van der Waals surface area contributed by atoms with E-state index in [4.69, 9.17) is 22.7 Å². The Morgan fingerprint density at radius 3 is 2.69 bits per heavy atom. The maximum atomic E-state index is 5.48. The van der Waals surface area contributed by atoms with Crippen molar-refractivity contribution in [1.82, 2.24) is 0 Å². The van der Waals surface area contributed by atoms with Gasteiger partial charge in [0.05, 0.1) is 4.99 Å². The zero-order valence-electron chi connectivity index (χ0n) is 8.13. The lowest BCUT2D eigenvalue weighted by molar-refractivity contribution is 0.125. The molecule has 0 aromatic rings. The topological polar surface area (TPSA) is 35.2 Å². The van der Waals surface area contributed by atoms with E-state index in [1.807, 2.05) is 0 Å². The van der Waals surface area contributed by atoms with Gasteiger partial charge in [0, 0.05) is 13.2 Å². The molecule has 0 amide bonds. The normalized spacial score (nSPS) is 16.0. The molecular formula is C10H19NOS. The lowest BCUT2D eigenvalue weighted by Crippen LogP contribution is -2.07. The molecule has 1 rings (SSSR count). The first kappa shape index (κ1) is 10.9. The number of hydrogen-bond acceptors (Lipinski definition) is 2. The fourth-order valence-electron chi connectivity index (χ4n) is 1.26. The highest BCUT2D eigenvalue weighted by molar-refractivity contribution is 7.80. The van der Waals surface area contributed by atoms with Crippen molar-refractivity contribution in [2.24, 2.45) is 11.7 Å². The van der Waals surface area contributed by atoms with E-state index in [1.54, 1.807) is 0 Å². The summed E-state index contributed by atoms with van der Waals surface area (Å²) in [5.74, 6) is 0.983. The summed E-state index contributed by atoms with van der Waals surface area (Å²) in [6.07, 6.45) is 7.12. The molecule has 1 aliphatic carbocycles. The first-order valence-corrected chi connectivity index (χ1v) is 5.56. The van der Waals surface area contributed by atoms with Gasteiger partial charge in [0.15, 0.2) is 0 Å². The number of nitrogens with two attached hydrogens (primary N) is 1. The average Bonchev–Trinajstić information content (AvgIpc) is 2.86. The molecule has 3 heteroatoms. The van der Waals surface area contributed by atoms with Gasteiger partial charge in [0.25, 0.3) is 0 Å². The Balaban J connectivity index is 1.70. The first-order chi connectivity index (χ1) is 6.29. The van der Waals surface area contributed by atoms with Gasteiger partial charge in [-0.25, -0.2) is 0 Å². The fourth-order valence-corrected chi connectivity index (χ4v) is 1.41. The lowest BCUT2D eigenvalue weighted by atomic mass is 10.2. The van der Waals surface area contributed by atoms with E-state index < -0.39 is 0 Å². The van der Waals surface area contributed by atoms with Crippen LogP contribution in [0, 0.1) is 5.92 Å². The molecular weight excluding hydrogens is 182 g/mol. The van der Waals surface area contributed by atoms with Gasteiger partial charge in [-0.3, -0.25) is 0 Å². The summed E-state index contributed by atoms with van der Waals surface area (Å²) >= 11 is 4.78. The third-order valence-electron chi connectivity index (χ3n) is 2.33. The van der Waals surface area contributed by atoms with Crippen molar-refractivity contribution in [2.45, 2.75) is 38.5 Å². The van der Waals surface area contributed by atoms with Crippen LogP contribution in [0.5, 0.6) is 0 Å². The van der Waals surface area contributed by atoms with Gasteiger partial charge >= 0.3 is 0 Å². The zero-order chi connectivity index (χ0) is 9.52. The smallest absolute Gasteiger partial charge is 0.0727 e. The minimum atomic E-state index is 0.623. The molecule has 0 atom stereocenters. The highest BCUT2D eigenvalue weighted by Crippen LogP contribution is 2.32. The van der Waals surface area contributed by atoms with Gasteiger partial charge in [-0.05, 0) is 31.6 Å². The van der Waals surface area contributed by atoms with Gasteiger partial charge in [0.1, 0.15) is 0 Å². The highest BCUT2D eigenvalue weighted by Gasteiger charge is 2.20. The molecule has 0 bridgehead atoms. The Kier molecular flexibility index (Phi) is 5.32. The molecule has 1 fully saturated rings. The fraction of sp³-hybridized carbons (Fsp3) is 0.900. The van der Waals surface area contributed by atoms with Crippen LogP contribution in [0.3, 0.4) is 0 Å². The van der Waals surface area contributed by atoms with Crippen LogP contribution in [0.15, 0.2) is 0 Å². The molecule has 0 unspecified atom stereocenters. The largest absolute Gasteiger partial charge is 0.393 e. The van der Waals surface area contributed by atoms with Crippen molar-refractivity contribution < 1.29 is 4.74 Å². The quantitative estimate of drug-likeness (QED) is 0.483. The van der Waals surface area contributed by atoms with E-state index in [1.165, 1.54) is 19.3 Å². The Morgan fingerprint density at radius 1 is 1.31 bits per heavy atom. The second kappa shape index (κ2) is 6.33. The third-order valence-corrected chi connectivity index (χ3v) is 2.53. The molecule has 2 nitrogen and oxygen atoms in total. The standard InChI is InChI=1S/C10H19NOS/c11-10(13)3-1-2-7-12-8-6-9-4-5-9/h9H,1-8H2,(H2,11,13). The molecule has 1 aliphatic rings. The molecule has 2 N–H and O–H groups in total. The molecule has 1 saturated carbocycles. The Morgan fingerprint density at radius 2 is 2.08 bits per heavy atom. The number of rotatable bonds is 8. The molecule has 0 aliphatic heterocycles. The second-order valence-electron chi connectivity index (χ2n) is 3.77. The monoisotopic (exact) mass is 201 g/mol. The van der Waals surface area contributed by atoms with Crippen LogP contribution < -0.4 is 5.73 Å². The minimum Gasteiger partial charge on any atom is -0.393 e. The van der Waals surface area contributed by atoms with Crippen LogP contribution >= 0.6 is 12.2 Å². The number of hydrogen-bond donors (Lipinski definition) is 1. The van der Waals surface area contributed by atoms with E-state index in [0.29, 0.717) is 4.99 Å². The molecule has 0 aromatic heterocycles. The maximum absolute atomic E-state index is 5.48. The molecule has 0 aromatic carbocycles. The summed E-state index contributed by atoms with van der Waals surface area (Å²) in [5.41, 5.74) is 5.37. The van der Waals surface area contributed by atoms with Crippen molar-refractivity contribution in [3.05, 3.63) is 0 Å². The molecule has 0 radical (unpaired) electrons. The molecule has 0 saturated heterocycles. The van der Waals surface area contributed by atoms with Gasteiger partial charge in [-0.1, -0.05) is 25.1 Å². The summed E-state index contributed by atoms with van der Waals surface area (Å²) in [7, 11) is 0. The Labute approximate surface area is 85.8 Å². The van der Waals surface area contributed by atoms with Crippen LogP contribution in [0.1, 0.15) is 38.5 Å². The number of unbranched alkanes of at least 4 members (excludes halogenated alkanes) is 1. The highest BCUT2D eigenvalue weighted by atomic mass is 32.1. The van der Waals surface area contributed by atoms with Crippen molar-refractivity contribution in [1.29, 1.82) is 0 Å². The third kappa shape index (κ3) is 6.96. The van der Waals surface area contributed by atoms with Crippen LogP contribution in [0.2, 0.25) is 0 Å². The summed E-state index contributed by atoms with van der Waals surface area (Å²) in [5, 5.41) is 0. The summed E-state index contributed by atoms with van der Waals surface area (Å²) in [6, 6.07) is 0. The SMILES string of the molecule is NC(=S)CCCCOCCC1CC1. The van der Waals surface area contributed by atoms with Crippen LogP contribution in [-0.4, -0.2) is 18.2 Å². The van der Waals surface area contributed by atoms with Crippen LogP contribution in [-0.2, 0) is 4.74 Å². The molecule has 13 heavy (non-hydrogen) atoms. The second-order valence-corrected chi connectivity index (χ2v) is 4.29. The van der Waals surface area contributed by atoms with E-state index in [-0.39, 0.29) is 0 Å². The average molecular weight is 201 g/mol. The van der Waals surface area contributed by atoms with E-state index in [2.05, 4.69) is 0 Å². The number of ether oxygens (including phenoxy) is 1. The van der Waals surface area contributed by atoms with Gasteiger partial charge < -0.3 is 10.5 Å². The van der Waals surface area contributed by atoms with Crippen molar-refractivity contribution in [3.8, 4) is 0 Å². The predicted octanol–water partition coefficient (Wildman–Crippen LogP) is 2.26. The maximum Gasteiger partial charge on any atom is 0.0727 e. The molecule has 0 heterocycles. The minimum absolute atomic E-state index is 0.623. The van der Waals surface area contributed by atoms with Gasteiger partial charge in [0.2, 0.25) is 0 Å². The van der Waals surface area contributed by atoms with Crippen molar-refractivity contribution in [3.63, 3.8) is 0 Å². The summed E-state index contributed by atoms with van der Waals surface area (Å²) in [6.45, 7) is 1.81.